The number of carboxylic acid groups (broad SMARTS) is 1. The number of carboxylic acids is 1. The summed E-state index contributed by atoms with van der Waals surface area (Å²) in [6.45, 7) is 0.0730. The molecule has 0 saturated heterocycles. The van der Waals surface area contributed by atoms with Crippen LogP contribution in [-0.4, -0.2) is 39.3 Å². The van der Waals surface area contributed by atoms with Gasteiger partial charge in [-0.05, 0) is 53.6 Å². The van der Waals surface area contributed by atoms with Gasteiger partial charge in [-0.2, -0.15) is 5.26 Å². The lowest BCUT2D eigenvalue weighted by atomic mass is 10.00. The number of ether oxygens (including phenoxy) is 2. The zero-order valence-electron chi connectivity index (χ0n) is 22.7. The van der Waals surface area contributed by atoms with Crippen LogP contribution in [0.1, 0.15) is 38.4 Å². The molecule has 212 valence electrons. The molecule has 0 bridgehead atoms. The first kappa shape index (κ1) is 28.4. The van der Waals surface area contributed by atoms with Gasteiger partial charge < -0.3 is 19.1 Å². The predicted octanol–water partition coefficient (Wildman–Crippen LogP) is 6.09. The van der Waals surface area contributed by atoms with E-state index in [4.69, 9.17) is 19.7 Å². The van der Waals surface area contributed by atoms with Crippen molar-refractivity contribution in [2.75, 3.05) is 13.7 Å². The van der Waals surface area contributed by atoms with Gasteiger partial charge in [-0.25, -0.2) is 23.5 Å². The summed E-state index contributed by atoms with van der Waals surface area (Å²) in [5.41, 5.74) is 4.43. The first-order valence-corrected chi connectivity index (χ1v) is 13.1. The number of halogens is 2. The molecule has 0 spiro atoms. The van der Waals surface area contributed by atoms with E-state index in [1.165, 1.54) is 18.2 Å². The summed E-state index contributed by atoms with van der Waals surface area (Å²) in [4.78, 5) is 20.7. The van der Waals surface area contributed by atoms with Gasteiger partial charge in [0, 0.05) is 37.3 Å². The minimum absolute atomic E-state index is 0.0688. The second kappa shape index (κ2) is 12.6. The Morgan fingerprint density at radius 2 is 1.86 bits per heavy atom. The van der Waals surface area contributed by atoms with E-state index >= 15 is 0 Å². The van der Waals surface area contributed by atoms with Gasteiger partial charge in [-0.15, -0.1) is 0 Å². The number of fused-ring (bicyclic) bond motifs is 1. The lowest BCUT2D eigenvalue weighted by molar-refractivity contribution is 0.0697. The fraction of sp³-hybridized carbons (Fsp3) is 0.188. The Hall–Kier alpha value is -5.14. The van der Waals surface area contributed by atoms with Crippen LogP contribution in [0, 0.1) is 17.1 Å². The van der Waals surface area contributed by atoms with Crippen molar-refractivity contribution < 1.29 is 28.2 Å². The van der Waals surface area contributed by atoms with Gasteiger partial charge >= 0.3 is 5.97 Å². The lowest BCUT2D eigenvalue weighted by Crippen LogP contribution is -2.10. The predicted molar refractivity (Wildman–Crippen MR) is 151 cm³/mol. The van der Waals surface area contributed by atoms with E-state index in [-0.39, 0.29) is 23.6 Å². The average Bonchev–Trinajstić information content (AvgIpc) is 3.35. The topological polar surface area (TPSA) is 110 Å². The average molecular weight is 569 g/mol. The van der Waals surface area contributed by atoms with E-state index in [1.54, 1.807) is 43.5 Å². The van der Waals surface area contributed by atoms with Crippen LogP contribution in [0.2, 0.25) is 0 Å². The van der Waals surface area contributed by atoms with Gasteiger partial charge in [-0.1, -0.05) is 24.3 Å². The molecule has 0 fully saturated rings. The van der Waals surface area contributed by atoms with Gasteiger partial charge in [0.2, 0.25) is 5.88 Å². The van der Waals surface area contributed by atoms with E-state index in [0.717, 1.165) is 11.6 Å². The molecule has 0 radical (unpaired) electrons. The molecule has 3 aromatic carbocycles. The van der Waals surface area contributed by atoms with Crippen LogP contribution in [0.3, 0.4) is 0 Å². The van der Waals surface area contributed by atoms with E-state index in [9.17, 15) is 18.7 Å². The monoisotopic (exact) mass is 568 g/mol. The highest BCUT2D eigenvalue weighted by molar-refractivity contribution is 5.92. The van der Waals surface area contributed by atoms with Crippen LogP contribution in [0.5, 0.6) is 5.88 Å². The number of imidazole rings is 1. The summed E-state index contributed by atoms with van der Waals surface area (Å²) < 4.78 is 41.4. The Balaban J connectivity index is 1.39. The molecule has 0 aliphatic heterocycles. The number of rotatable bonds is 11. The van der Waals surface area contributed by atoms with Gasteiger partial charge in [0.25, 0.3) is 0 Å². The van der Waals surface area contributed by atoms with Crippen LogP contribution in [0.15, 0.2) is 72.8 Å². The third kappa shape index (κ3) is 6.11. The van der Waals surface area contributed by atoms with Gasteiger partial charge in [-0.3, -0.25) is 0 Å². The van der Waals surface area contributed by atoms with Crippen molar-refractivity contribution >= 4 is 17.0 Å². The molecule has 5 aromatic rings. The standard InChI is InChI=1S/C32H26F2N4O4/c1-41-12-11-38-29-15-23(32(39)40)9-10-28(29)36-30(38)16-21-7-8-22(14-25(21)17-33)27-3-2-4-31(37-27)42-19-24-6-5-20(18-35)13-26(24)34/h2-10,13-15H,11-12,16-17,19H2,1H3,(H,39,40). The van der Waals surface area contributed by atoms with Crippen LogP contribution < -0.4 is 4.74 Å². The molecule has 2 heterocycles. The Morgan fingerprint density at radius 3 is 2.60 bits per heavy atom. The highest BCUT2D eigenvalue weighted by Crippen LogP contribution is 2.27. The highest BCUT2D eigenvalue weighted by atomic mass is 19.1. The molecule has 0 amide bonds. The summed E-state index contributed by atoms with van der Waals surface area (Å²) in [6.07, 6.45) is 0.326. The number of nitrogens with zero attached hydrogens (tertiary/aromatic N) is 4. The molecular weight excluding hydrogens is 542 g/mol. The van der Waals surface area contributed by atoms with Crippen molar-refractivity contribution in [3.8, 4) is 23.2 Å². The Labute approximate surface area is 240 Å². The largest absolute Gasteiger partial charge is 0.478 e. The Bertz CT molecular complexity index is 1810. The maximum absolute atomic E-state index is 14.3. The molecule has 1 N–H and O–H groups in total. The Morgan fingerprint density at radius 1 is 1.02 bits per heavy atom. The van der Waals surface area contributed by atoms with Crippen molar-refractivity contribution in [2.45, 2.75) is 26.2 Å². The van der Waals surface area contributed by atoms with Crippen LogP contribution in [-0.2, 0) is 31.0 Å². The fourth-order valence-corrected chi connectivity index (χ4v) is 4.67. The minimum Gasteiger partial charge on any atom is -0.478 e. The summed E-state index contributed by atoms with van der Waals surface area (Å²) in [5.74, 6) is -0.630. The Kier molecular flexibility index (Phi) is 8.50. The second-order valence-corrected chi connectivity index (χ2v) is 9.54. The van der Waals surface area contributed by atoms with Gasteiger partial charge in [0.1, 0.15) is 24.9 Å². The molecule has 2 aromatic heterocycles. The third-order valence-corrected chi connectivity index (χ3v) is 6.87. The van der Waals surface area contributed by atoms with Crippen molar-refractivity contribution in [2.24, 2.45) is 0 Å². The van der Waals surface area contributed by atoms with Crippen LogP contribution >= 0.6 is 0 Å². The third-order valence-electron chi connectivity index (χ3n) is 6.87. The SMILES string of the molecule is COCCn1c(Cc2ccc(-c3cccc(OCc4ccc(C#N)cc4F)n3)cc2CF)nc2ccc(C(=O)O)cc21. The molecule has 0 aliphatic carbocycles. The molecule has 0 unspecified atom stereocenters. The van der Waals surface area contributed by atoms with E-state index < -0.39 is 18.5 Å². The van der Waals surface area contributed by atoms with Crippen molar-refractivity contribution in [1.82, 2.24) is 14.5 Å². The quantitative estimate of drug-likeness (QED) is 0.205. The molecule has 10 heteroatoms. The van der Waals surface area contributed by atoms with E-state index in [2.05, 4.69) is 4.98 Å². The number of hydrogen-bond acceptors (Lipinski definition) is 6. The molecule has 5 rings (SSSR count). The van der Waals surface area contributed by atoms with Crippen LogP contribution in [0.4, 0.5) is 8.78 Å². The number of aromatic carboxylic acids is 1. The molecule has 42 heavy (non-hydrogen) atoms. The number of aromatic nitrogens is 3. The zero-order chi connectivity index (χ0) is 29.6. The minimum atomic E-state index is -1.03. The number of methoxy groups -OCH3 is 1. The smallest absolute Gasteiger partial charge is 0.335 e. The number of benzene rings is 3. The molecular formula is C32H26F2N4O4. The number of hydrogen-bond donors (Lipinski definition) is 1. The van der Waals surface area contributed by atoms with E-state index in [1.807, 2.05) is 22.8 Å². The van der Waals surface area contributed by atoms with Gasteiger partial charge in [0.05, 0.1) is 40.5 Å². The number of alkyl halides is 1. The second-order valence-electron chi connectivity index (χ2n) is 9.54. The lowest BCUT2D eigenvalue weighted by Gasteiger charge is -2.13. The van der Waals surface area contributed by atoms with Crippen molar-refractivity contribution in [3.05, 3.63) is 112 Å². The zero-order valence-corrected chi connectivity index (χ0v) is 22.7. The van der Waals surface area contributed by atoms with Gasteiger partial charge in [0.15, 0.2) is 0 Å². The van der Waals surface area contributed by atoms with Crippen molar-refractivity contribution in [3.63, 3.8) is 0 Å². The fourth-order valence-electron chi connectivity index (χ4n) is 4.67. The first-order chi connectivity index (χ1) is 20.4. The maximum Gasteiger partial charge on any atom is 0.335 e. The number of nitriles is 1. The highest BCUT2D eigenvalue weighted by Gasteiger charge is 2.16. The summed E-state index contributed by atoms with van der Waals surface area (Å²) in [6, 6.07) is 21.4. The van der Waals surface area contributed by atoms with Crippen molar-refractivity contribution in [1.29, 1.82) is 5.26 Å². The first-order valence-electron chi connectivity index (χ1n) is 13.1. The number of pyridine rings is 1. The number of carbonyl (C=O) groups is 1. The maximum atomic E-state index is 14.3. The summed E-state index contributed by atoms with van der Waals surface area (Å²) in [5, 5.41) is 18.4. The molecule has 0 atom stereocenters. The van der Waals surface area contributed by atoms with Crippen LogP contribution in [0.25, 0.3) is 22.3 Å². The molecule has 0 aliphatic rings. The van der Waals surface area contributed by atoms with E-state index in [0.29, 0.717) is 58.8 Å². The normalized spacial score (nSPS) is 11.0. The summed E-state index contributed by atoms with van der Waals surface area (Å²) in [7, 11) is 1.58. The molecule has 8 nitrogen and oxygen atoms in total. The summed E-state index contributed by atoms with van der Waals surface area (Å²) >= 11 is 0. The molecule has 0 saturated carbocycles.